The van der Waals surface area contributed by atoms with E-state index in [2.05, 4.69) is 72.9 Å². The monoisotopic (exact) mass is 582 g/mol. The Morgan fingerprint density at radius 1 is 0.907 bits per heavy atom. The number of rotatable bonds is 9. The fourth-order valence-corrected chi connectivity index (χ4v) is 7.15. The van der Waals surface area contributed by atoms with Crippen LogP contribution in [0.3, 0.4) is 0 Å². The molecule has 0 aliphatic heterocycles. The van der Waals surface area contributed by atoms with Crippen LogP contribution in [0.4, 0.5) is 13.2 Å². The minimum Gasteiger partial charge on any atom is -0.292 e. The zero-order valence-electron chi connectivity index (χ0n) is 26.0. The van der Waals surface area contributed by atoms with Crippen molar-refractivity contribution in [3.63, 3.8) is 0 Å². The van der Waals surface area contributed by atoms with Crippen LogP contribution in [0.25, 0.3) is 11.1 Å². The Kier molecular flexibility index (Phi) is 9.51. The molecule has 2 aliphatic rings. The Bertz CT molecular complexity index is 1590. The summed E-state index contributed by atoms with van der Waals surface area (Å²) in [5, 5.41) is 0. The molecule has 0 N–H and O–H groups in total. The summed E-state index contributed by atoms with van der Waals surface area (Å²) in [5.41, 5.74) is 8.97. The highest BCUT2D eigenvalue weighted by molar-refractivity contribution is 5.98. The van der Waals surface area contributed by atoms with E-state index in [1.54, 1.807) is 0 Å². The van der Waals surface area contributed by atoms with Crippen molar-refractivity contribution in [2.24, 2.45) is 0 Å². The van der Waals surface area contributed by atoms with Gasteiger partial charge in [0.05, 0.1) is 12.0 Å². The molecule has 0 heterocycles. The van der Waals surface area contributed by atoms with Gasteiger partial charge in [-0.3, -0.25) is 4.74 Å². The molecule has 2 aromatic carbocycles. The minimum atomic E-state index is -4.71. The van der Waals surface area contributed by atoms with Crippen LogP contribution in [0.15, 0.2) is 127 Å². The predicted octanol–water partition coefficient (Wildman–Crippen LogP) is 11.1. The van der Waals surface area contributed by atoms with E-state index in [0.717, 1.165) is 55.7 Å². The SMILES string of the molecule is C=CC1=C(/C=C\C)C(C(/C=C\C)=C/C)(c2ccccc2)c2c1ccc1c2C(C)(CCOC(F)(F)F)C(=C/C=C\C)/C1=C\C. The van der Waals surface area contributed by atoms with Crippen molar-refractivity contribution >= 4 is 11.1 Å². The summed E-state index contributed by atoms with van der Waals surface area (Å²) >= 11 is 0. The molecule has 4 heteroatoms. The molecular formula is C39H41F3O. The third kappa shape index (κ3) is 5.27. The molecule has 0 amide bonds. The van der Waals surface area contributed by atoms with Gasteiger partial charge in [-0.2, -0.15) is 0 Å². The molecule has 0 aromatic heterocycles. The Hall–Kier alpha value is -3.89. The molecule has 2 atom stereocenters. The number of fused-ring (bicyclic) bond motifs is 3. The van der Waals surface area contributed by atoms with E-state index in [0.29, 0.717) is 0 Å². The quantitative estimate of drug-likeness (QED) is 0.267. The van der Waals surface area contributed by atoms with Crippen molar-refractivity contribution in [1.29, 1.82) is 0 Å². The molecular weight excluding hydrogens is 541 g/mol. The first-order valence-electron chi connectivity index (χ1n) is 14.8. The van der Waals surface area contributed by atoms with E-state index < -0.39 is 23.8 Å². The van der Waals surface area contributed by atoms with Gasteiger partial charge in [-0.25, -0.2) is 0 Å². The van der Waals surface area contributed by atoms with Crippen LogP contribution < -0.4 is 0 Å². The summed E-state index contributed by atoms with van der Waals surface area (Å²) in [7, 11) is 0. The first kappa shape index (κ1) is 32.0. The van der Waals surface area contributed by atoms with E-state index in [-0.39, 0.29) is 6.42 Å². The summed E-state index contributed by atoms with van der Waals surface area (Å²) < 4.78 is 44.4. The summed E-state index contributed by atoms with van der Waals surface area (Å²) in [5.74, 6) is 0. The van der Waals surface area contributed by atoms with Crippen molar-refractivity contribution < 1.29 is 17.9 Å². The summed E-state index contributed by atoms with van der Waals surface area (Å²) in [6, 6.07) is 14.7. The highest BCUT2D eigenvalue weighted by atomic mass is 19.4. The van der Waals surface area contributed by atoms with E-state index in [4.69, 9.17) is 0 Å². The van der Waals surface area contributed by atoms with Gasteiger partial charge in [0.25, 0.3) is 0 Å². The van der Waals surface area contributed by atoms with Crippen molar-refractivity contribution in [1.82, 2.24) is 0 Å². The number of ether oxygens (including phenoxy) is 1. The van der Waals surface area contributed by atoms with Crippen LogP contribution in [0.2, 0.25) is 0 Å². The third-order valence-electron chi connectivity index (χ3n) is 8.74. The first-order valence-corrected chi connectivity index (χ1v) is 14.8. The van der Waals surface area contributed by atoms with Crippen molar-refractivity contribution in [2.75, 3.05) is 6.61 Å². The van der Waals surface area contributed by atoms with Crippen LogP contribution in [-0.4, -0.2) is 13.0 Å². The van der Waals surface area contributed by atoms with Crippen LogP contribution in [-0.2, 0) is 15.6 Å². The third-order valence-corrected chi connectivity index (χ3v) is 8.74. The van der Waals surface area contributed by atoms with E-state index in [1.165, 1.54) is 0 Å². The molecule has 2 aromatic rings. The molecule has 0 bridgehead atoms. The normalized spacial score (nSPS) is 24.3. The van der Waals surface area contributed by atoms with Gasteiger partial charge in [0.2, 0.25) is 0 Å². The fraction of sp³-hybridized carbons (Fsp3) is 0.282. The number of hydrogen-bond acceptors (Lipinski definition) is 1. The molecule has 0 fully saturated rings. The molecule has 2 aliphatic carbocycles. The van der Waals surface area contributed by atoms with Gasteiger partial charge in [0.1, 0.15) is 0 Å². The molecule has 0 radical (unpaired) electrons. The van der Waals surface area contributed by atoms with Crippen LogP contribution in [0.5, 0.6) is 0 Å². The first-order chi connectivity index (χ1) is 20.6. The van der Waals surface area contributed by atoms with E-state index >= 15 is 0 Å². The second kappa shape index (κ2) is 12.8. The molecule has 0 saturated heterocycles. The minimum absolute atomic E-state index is 0.152. The fourth-order valence-electron chi connectivity index (χ4n) is 7.15. The molecule has 1 nitrogen and oxygen atoms in total. The molecule has 224 valence electrons. The molecule has 0 saturated carbocycles. The average molecular weight is 583 g/mol. The van der Waals surface area contributed by atoms with Gasteiger partial charge in [-0.1, -0.05) is 117 Å². The van der Waals surface area contributed by atoms with E-state index in [1.807, 2.05) is 83.2 Å². The van der Waals surface area contributed by atoms with Crippen molar-refractivity contribution in [3.05, 3.63) is 154 Å². The zero-order valence-corrected chi connectivity index (χ0v) is 26.0. The van der Waals surface area contributed by atoms with Gasteiger partial charge >= 0.3 is 6.36 Å². The maximum atomic E-state index is 13.3. The molecule has 2 unspecified atom stereocenters. The standard InChI is InChI=1S/C39H41F3O/c1-8-14-22-33-29(12-5)31-23-24-32-30(13-6)34(19-10-3)38(27(11-4)18-9-2,28-20-16-15-17-21-28)36(32)35(31)37(33,7)25-26-43-39(40,41)42/h8-24H,6,25-26H2,1-5,7H3/b14-8-,18-9-,19-10-,27-11+,29-12-,33-22+. The Balaban J connectivity index is 2.26. The second-order valence-electron chi connectivity index (χ2n) is 11.0. The van der Waals surface area contributed by atoms with Gasteiger partial charge < -0.3 is 0 Å². The lowest BCUT2D eigenvalue weighted by Gasteiger charge is -2.40. The number of benzene rings is 2. The summed E-state index contributed by atoms with van der Waals surface area (Å²) in [6.07, 6.45) is 16.0. The lowest BCUT2D eigenvalue weighted by molar-refractivity contribution is -0.325. The maximum Gasteiger partial charge on any atom is 0.522 e. The van der Waals surface area contributed by atoms with E-state index in [9.17, 15) is 13.2 Å². The average Bonchev–Trinajstić information content (AvgIpc) is 3.40. The number of allylic oxidation sites excluding steroid dienone is 15. The number of alkyl halides is 3. The Morgan fingerprint density at radius 2 is 1.60 bits per heavy atom. The predicted molar refractivity (Wildman–Crippen MR) is 175 cm³/mol. The van der Waals surface area contributed by atoms with Gasteiger partial charge in [-0.15, -0.1) is 13.2 Å². The topological polar surface area (TPSA) is 9.23 Å². The van der Waals surface area contributed by atoms with Crippen molar-refractivity contribution in [3.8, 4) is 0 Å². The molecule has 0 spiro atoms. The lowest BCUT2D eigenvalue weighted by atomic mass is 9.62. The van der Waals surface area contributed by atoms with Gasteiger partial charge in [0, 0.05) is 5.41 Å². The second-order valence-corrected chi connectivity index (χ2v) is 11.0. The zero-order chi connectivity index (χ0) is 31.4. The number of hydrogen-bond donors (Lipinski definition) is 0. The molecule has 43 heavy (non-hydrogen) atoms. The van der Waals surface area contributed by atoms with Crippen LogP contribution in [0.1, 0.15) is 75.8 Å². The van der Waals surface area contributed by atoms with Crippen LogP contribution >= 0.6 is 0 Å². The highest BCUT2D eigenvalue weighted by Gasteiger charge is 2.54. The van der Waals surface area contributed by atoms with Crippen molar-refractivity contribution in [2.45, 2.75) is 65.2 Å². The highest BCUT2D eigenvalue weighted by Crippen LogP contribution is 2.63. The van der Waals surface area contributed by atoms with Crippen LogP contribution in [0, 0.1) is 0 Å². The van der Waals surface area contributed by atoms with Gasteiger partial charge in [-0.05, 0) is 96.7 Å². The number of halogens is 3. The lowest BCUT2D eigenvalue weighted by Crippen LogP contribution is -2.35. The summed E-state index contributed by atoms with van der Waals surface area (Å²) in [4.78, 5) is 0. The Morgan fingerprint density at radius 3 is 2.16 bits per heavy atom. The smallest absolute Gasteiger partial charge is 0.292 e. The Labute approximate surface area is 254 Å². The largest absolute Gasteiger partial charge is 0.522 e. The maximum absolute atomic E-state index is 13.3. The van der Waals surface area contributed by atoms with Gasteiger partial charge in [0.15, 0.2) is 0 Å². The molecule has 4 rings (SSSR count). The summed E-state index contributed by atoms with van der Waals surface area (Å²) in [6.45, 7) is 15.9.